The largest absolute Gasteiger partial charge is 0.340 e. The first kappa shape index (κ1) is 19.0. The molecule has 140 valence electrons. The number of urea groups is 1. The second-order valence-electron chi connectivity index (χ2n) is 6.18. The van der Waals surface area contributed by atoms with Crippen LogP contribution in [0.15, 0.2) is 48.8 Å². The first-order valence-electron chi connectivity index (χ1n) is 8.78. The zero-order chi connectivity index (χ0) is 19.1. The molecule has 0 atom stereocenters. The predicted molar refractivity (Wildman–Crippen MR) is 114 cm³/mol. The lowest BCUT2D eigenvalue weighted by Crippen LogP contribution is -2.29. The highest BCUT2D eigenvalue weighted by atomic mass is 32.2. The van der Waals surface area contributed by atoms with Crippen molar-refractivity contribution in [2.75, 3.05) is 29.2 Å². The molecule has 0 saturated carbocycles. The number of nitrogens with one attached hydrogen (secondary N) is 3. The maximum Gasteiger partial charge on any atom is 0.319 e. The van der Waals surface area contributed by atoms with Crippen molar-refractivity contribution in [2.45, 2.75) is 13.3 Å². The normalized spacial score (nSPS) is 10.6. The number of hydrogen-bond acceptors (Lipinski definition) is 5. The first-order valence-corrected chi connectivity index (χ1v) is 10.2. The van der Waals surface area contributed by atoms with Crippen LogP contribution >= 0.6 is 11.8 Å². The van der Waals surface area contributed by atoms with Crippen molar-refractivity contribution in [1.29, 1.82) is 0 Å². The molecule has 0 aliphatic heterocycles. The summed E-state index contributed by atoms with van der Waals surface area (Å²) in [6.07, 6.45) is 4.54. The van der Waals surface area contributed by atoms with Gasteiger partial charge in [-0.1, -0.05) is 12.1 Å². The van der Waals surface area contributed by atoms with Gasteiger partial charge in [0.1, 0.15) is 12.1 Å². The van der Waals surface area contributed by atoms with Gasteiger partial charge in [0.15, 0.2) is 0 Å². The van der Waals surface area contributed by atoms with Gasteiger partial charge >= 0.3 is 6.03 Å². The zero-order valence-electron chi connectivity index (χ0n) is 15.5. The van der Waals surface area contributed by atoms with Crippen LogP contribution in [0.4, 0.5) is 22.0 Å². The molecule has 3 aromatic rings. The summed E-state index contributed by atoms with van der Waals surface area (Å²) in [5.74, 6) is 1.73. The van der Waals surface area contributed by atoms with Crippen molar-refractivity contribution < 1.29 is 4.79 Å². The second kappa shape index (κ2) is 9.23. The molecule has 0 fully saturated rings. The highest BCUT2D eigenvalue weighted by molar-refractivity contribution is 7.98. The molecule has 2 amide bonds. The molecule has 3 rings (SSSR count). The van der Waals surface area contributed by atoms with Crippen LogP contribution in [-0.2, 0) is 0 Å². The van der Waals surface area contributed by atoms with E-state index < -0.39 is 0 Å². The molecular weight excluding hydrogens is 358 g/mol. The van der Waals surface area contributed by atoms with Crippen LogP contribution in [0, 0.1) is 6.92 Å². The number of carbonyl (C=O) groups is 1. The number of nitrogens with zero attached hydrogens (tertiary/aromatic N) is 2. The number of aromatic nitrogens is 2. The summed E-state index contributed by atoms with van der Waals surface area (Å²) in [6.45, 7) is 2.70. The van der Waals surface area contributed by atoms with E-state index in [1.807, 2.05) is 43.3 Å². The first-order chi connectivity index (χ1) is 13.2. The van der Waals surface area contributed by atoms with Crippen molar-refractivity contribution in [2.24, 2.45) is 0 Å². The number of thioether (sulfide) groups is 1. The van der Waals surface area contributed by atoms with Gasteiger partial charge in [0.25, 0.3) is 0 Å². The Bertz CT molecular complexity index is 931. The number of carbonyl (C=O) groups excluding carboxylic acids is 1. The van der Waals surface area contributed by atoms with E-state index in [0.29, 0.717) is 18.1 Å². The molecule has 0 radical (unpaired) electrons. The molecular formula is C20H23N5OS. The molecule has 0 bridgehead atoms. The summed E-state index contributed by atoms with van der Waals surface area (Å²) >= 11 is 1.77. The Labute approximate surface area is 163 Å². The average molecular weight is 382 g/mol. The maximum absolute atomic E-state index is 12.0. The van der Waals surface area contributed by atoms with Crippen LogP contribution in [0.5, 0.6) is 0 Å². The van der Waals surface area contributed by atoms with E-state index >= 15 is 0 Å². The van der Waals surface area contributed by atoms with Gasteiger partial charge in [-0.25, -0.2) is 14.8 Å². The van der Waals surface area contributed by atoms with Crippen molar-refractivity contribution in [1.82, 2.24) is 15.3 Å². The molecule has 27 heavy (non-hydrogen) atoms. The number of fused-ring (bicyclic) bond motifs is 1. The average Bonchev–Trinajstić information content (AvgIpc) is 2.66. The lowest BCUT2D eigenvalue weighted by molar-refractivity contribution is 0.252. The van der Waals surface area contributed by atoms with Gasteiger partial charge in [-0.2, -0.15) is 11.8 Å². The molecule has 3 N–H and O–H groups in total. The van der Waals surface area contributed by atoms with Gasteiger partial charge in [-0.05, 0) is 61.2 Å². The van der Waals surface area contributed by atoms with Crippen molar-refractivity contribution in [3.8, 4) is 0 Å². The third-order valence-electron chi connectivity index (χ3n) is 3.98. The molecule has 0 aliphatic rings. The third kappa shape index (κ3) is 5.34. The standard InChI is InChI=1S/C20H23N5OS/c1-14-5-3-6-15(11-14)24-19-17-12-16(7-8-18(17)22-13-23-19)25-20(26)21-9-4-10-27-2/h3,5-8,11-13H,4,9-10H2,1-2H3,(H2,21,25,26)(H,22,23,24). The number of aryl methyl sites for hydroxylation is 1. The van der Waals surface area contributed by atoms with Gasteiger partial charge in [0.2, 0.25) is 0 Å². The second-order valence-corrected chi connectivity index (χ2v) is 7.16. The summed E-state index contributed by atoms with van der Waals surface area (Å²) in [7, 11) is 0. The third-order valence-corrected chi connectivity index (χ3v) is 4.68. The van der Waals surface area contributed by atoms with E-state index in [1.54, 1.807) is 11.8 Å². The van der Waals surface area contributed by atoms with Crippen LogP contribution in [0.1, 0.15) is 12.0 Å². The van der Waals surface area contributed by atoms with Crippen LogP contribution in [0.3, 0.4) is 0 Å². The number of hydrogen-bond donors (Lipinski definition) is 3. The minimum atomic E-state index is -0.208. The van der Waals surface area contributed by atoms with Gasteiger partial charge < -0.3 is 16.0 Å². The number of rotatable bonds is 7. The Hall–Kier alpha value is -2.80. The van der Waals surface area contributed by atoms with E-state index in [9.17, 15) is 4.79 Å². The SMILES string of the molecule is CSCCCNC(=O)Nc1ccc2ncnc(Nc3cccc(C)c3)c2c1. The quantitative estimate of drug-likeness (QED) is 0.523. The fourth-order valence-electron chi connectivity index (χ4n) is 2.69. The topological polar surface area (TPSA) is 78.9 Å². The number of anilines is 3. The van der Waals surface area contributed by atoms with E-state index in [0.717, 1.165) is 28.8 Å². The highest BCUT2D eigenvalue weighted by Crippen LogP contribution is 2.26. The van der Waals surface area contributed by atoms with Crippen molar-refractivity contribution in [3.63, 3.8) is 0 Å². The fraction of sp³-hybridized carbons (Fsp3) is 0.250. The minimum absolute atomic E-state index is 0.208. The molecule has 2 aromatic carbocycles. The summed E-state index contributed by atoms with van der Waals surface area (Å²) in [5, 5.41) is 9.92. The van der Waals surface area contributed by atoms with Gasteiger partial charge in [0, 0.05) is 23.3 Å². The van der Waals surface area contributed by atoms with Gasteiger partial charge in [-0.15, -0.1) is 0 Å². The van der Waals surface area contributed by atoms with Gasteiger partial charge in [-0.3, -0.25) is 0 Å². The lowest BCUT2D eigenvalue weighted by atomic mass is 10.2. The maximum atomic E-state index is 12.0. The minimum Gasteiger partial charge on any atom is -0.340 e. The van der Waals surface area contributed by atoms with Crippen LogP contribution in [0.25, 0.3) is 10.9 Å². The van der Waals surface area contributed by atoms with Gasteiger partial charge in [0.05, 0.1) is 5.52 Å². The molecule has 7 heteroatoms. The Morgan fingerprint density at radius 2 is 2.00 bits per heavy atom. The van der Waals surface area contributed by atoms with E-state index in [-0.39, 0.29) is 6.03 Å². The molecule has 1 heterocycles. The van der Waals surface area contributed by atoms with Crippen molar-refractivity contribution >= 4 is 45.9 Å². The molecule has 0 unspecified atom stereocenters. The van der Waals surface area contributed by atoms with E-state index in [4.69, 9.17) is 0 Å². The van der Waals surface area contributed by atoms with E-state index in [2.05, 4.69) is 38.2 Å². The summed E-state index contributed by atoms with van der Waals surface area (Å²) in [6, 6.07) is 13.5. The molecule has 0 aliphatic carbocycles. The van der Waals surface area contributed by atoms with Crippen LogP contribution < -0.4 is 16.0 Å². The summed E-state index contributed by atoms with van der Waals surface area (Å²) < 4.78 is 0. The lowest BCUT2D eigenvalue weighted by Gasteiger charge is -2.11. The molecule has 1 aromatic heterocycles. The number of amides is 2. The monoisotopic (exact) mass is 381 g/mol. The molecule has 0 spiro atoms. The number of benzene rings is 2. The predicted octanol–water partition coefficient (Wildman–Crippen LogP) is 4.56. The van der Waals surface area contributed by atoms with Crippen LogP contribution in [0.2, 0.25) is 0 Å². The summed E-state index contributed by atoms with van der Waals surface area (Å²) in [5.41, 5.74) is 3.64. The Morgan fingerprint density at radius 3 is 2.81 bits per heavy atom. The Kier molecular flexibility index (Phi) is 6.49. The fourth-order valence-corrected chi connectivity index (χ4v) is 3.12. The highest BCUT2D eigenvalue weighted by Gasteiger charge is 2.07. The van der Waals surface area contributed by atoms with Crippen molar-refractivity contribution in [3.05, 3.63) is 54.4 Å². The van der Waals surface area contributed by atoms with E-state index in [1.165, 1.54) is 11.9 Å². The zero-order valence-corrected chi connectivity index (χ0v) is 16.3. The molecule has 0 saturated heterocycles. The Morgan fingerprint density at radius 1 is 1.11 bits per heavy atom. The smallest absolute Gasteiger partial charge is 0.319 e. The Balaban J connectivity index is 1.76. The van der Waals surface area contributed by atoms with Crippen LogP contribution in [-0.4, -0.2) is 34.6 Å². The molecule has 6 nitrogen and oxygen atoms in total. The summed E-state index contributed by atoms with van der Waals surface area (Å²) in [4.78, 5) is 20.7.